The van der Waals surface area contributed by atoms with Gasteiger partial charge >= 0.3 is 0 Å². The molecule has 1 heterocycles. The second-order valence-corrected chi connectivity index (χ2v) is 4.48. The summed E-state index contributed by atoms with van der Waals surface area (Å²) in [4.78, 5) is 6.04. The van der Waals surface area contributed by atoms with Crippen molar-refractivity contribution in [2.45, 2.75) is 25.4 Å². The molecule has 3 nitrogen and oxygen atoms in total. The van der Waals surface area contributed by atoms with Crippen molar-refractivity contribution in [2.75, 3.05) is 20.2 Å². The summed E-state index contributed by atoms with van der Waals surface area (Å²) in [6, 6.07) is 8.48. The zero-order chi connectivity index (χ0) is 12.1. The highest BCUT2D eigenvalue weighted by Crippen LogP contribution is 2.17. The lowest BCUT2D eigenvalue weighted by molar-refractivity contribution is 0.215. The zero-order valence-corrected chi connectivity index (χ0v) is 10.2. The molecule has 1 fully saturated rings. The van der Waals surface area contributed by atoms with Gasteiger partial charge in [-0.3, -0.25) is 4.90 Å². The first-order chi connectivity index (χ1) is 8.31. The van der Waals surface area contributed by atoms with Crippen LogP contribution < -0.4 is 4.74 Å². The molecular formula is C14H18N2O. The molecule has 0 unspecified atom stereocenters. The molecule has 2 rings (SSSR count). The highest BCUT2D eigenvalue weighted by atomic mass is 16.5. The molecule has 1 aromatic rings. The van der Waals surface area contributed by atoms with Crippen molar-refractivity contribution < 1.29 is 4.74 Å². The second-order valence-electron chi connectivity index (χ2n) is 4.48. The molecule has 3 heteroatoms. The summed E-state index contributed by atoms with van der Waals surface area (Å²) >= 11 is 0. The van der Waals surface area contributed by atoms with Crippen molar-refractivity contribution >= 4 is 0 Å². The minimum atomic E-state index is 0.252. The summed E-state index contributed by atoms with van der Waals surface area (Å²) in [7, 11) is 1.68. The quantitative estimate of drug-likeness (QED) is 0.742. The van der Waals surface area contributed by atoms with Crippen molar-refractivity contribution in [3.8, 4) is 5.75 Å². The van der Waals surface area contributed by atoms with E-state index in [9.17, 15) is 0 Å². The summed E-state index contributed by atoms with van der Waals surface area (Å²) < 4.78 is 5.14. The fourth-order valence-electron chi connectivity index (χ4n) is 2.20. The number of hydrogen-bond acceptors (Lipinski definition) is 2. The third kappa shape index (κ3) is 3.21. The fraction of sp³-hybridized carbons (Fsp3) is 0.500. The Morgan fingerprint density at radius 2 is 1.94 bits per heavy atom. The normalized spacial score (nSPS) is 17.6. The van der Waals surface area contributed by atoms with Gasteiger partial charge in [-0.2, -0.15) is 0 Å². The fourth-order valence-corrected chi connectivity index (χ4v) is 2.20. The van der Waals surface area contributed by atoms with Crippen LogP contribution >= 0.6 is 0 Å². The Kier molecular flexibility index (Phi) is 4.00. The molecule has 17 heavy (non-hydrogen) atoms. The van der Waals surface area contributed by atoms with Crippen LogP contribution in [0.5, 0.6) is 5.75 Å². The lowest BCUT2D eigenvalue weighted by Crippen LogP contribution is -2.34. The molecule has 0 bridgehead atoms. The molecule has 0 amide bonds. The van der Waals surface area contributed by atoms with E-state index in [0.29, 0.717) is 0 Å². The summed E-state index contributed by atoms with van der Waals surface area (Å²) in [5.74, 6) is 0.903. The van der Waals surface area contributed by atoms with Gasteiger partial charge in [0.15, 0.2) is 0 Å². The number of ether oxygens (including phenoxy) is 1. The Labute approximate surface area is 103 Å². The van der Waals surface area contributed by atoms with Gasteiger partial charge in [-0.1, -0.05) is 12.1 Å². The molecule has 0 radical (unpaired) electrons. The van der Waals surface area contributed by atoms with Crippen LogP contribution in [0.4, 0.5) is 0 Å². The number of benzene rings is 1. The summed E-state index contributed by atoms with van der Waals surface area (Å²) in [6.45, 7) is 10.1. The molecule has 0 spiro atoms. The van der Waals surface area contributed by atoms with Crippen LogP contribution in [0.15, 0.2) is 24.3 Å². The van der Waals surface area contributed by atoms with E-state index in [-0.39, 0.29) is 6.04 Å². The molecule has 0 aromatic heterocycles. The third-order valence-electron chi connectivity index (χ3n) is 3.30. The van der Waals surface area contributed by atoms with E-state index in [2.05, 4.69) is 21.9 Å². The molecule has 1 aromatic carbocycles. The molecule has 1 saturated heterocycles. The molecule has 0 atom stereocenters. The summed E-state index contributed by atoms with van der Waals surface area (Å²) in [5, 5.41) is 0. The van der Waals surface area contributed by atoms with Gasteiger partial charge in [0, 0.05) is 32.5 Å². The summed E-state index contributed by atoms with van der Waals surface area (Å²) in [5.41, 5.74) is 1.31. The van der Waals surface area contributed by atoms with Crippen LogP contribution in [0.1, 0.15) is 18.4 Å². The maximum Gasteiger partial charge on any atom is 0.226 e. The second kappa shape index (κ2) is 5.70. The molecule has 0 saturated carbocycles. The number of likely N-dealkylation sites (tertiary alicyclic amines) is 1. The molecule has 0 N–H and O–H groups in total. The minimum absolute atomic E-state index is 0.252. The van der Waals surface area contributed by atoms with Gasteiger partial charge in [0.2, 0.25) is 6.04 Å². The topological polar surface area (TPSA) is 16.8 Å². The Morgan fingerprint density at radius 1 is 1.29 bits per heavy atom. The van der Waals surface area contributed by atoms with E-state index in [1.54, 1.807) is 7.11 Å². The van der Waals surface area contributed by atoms with E-state index >= 15 is 0 Å². The Bertz CT molecular complexity index is 386. The van der Waals surface area contributed by atoms with Crippen LogP contribution in [0, 0.1) is 6.57 Å². The highest BCUT2D eigenvalue weighted by molar-refractivity contribution is 5.27. The number of nitrogens with zero attached hydrogens (tertiary/aromatic N) is 2. The van der Waals surface area contributed by atoms with Crippen molar-refractivity contribution in [1.82, 2.24) is 4.90 Å². The Balaban J connectivity index is 1.87. The molecule has 1 aliphatic rings. The van der Waals surface area contributed by atoms with Gasteiger partial charge < -0.3 is 9.58 Å². The van der Waals surface area contributed by atoms with E-state index in [1.165, 1.54) is 5.56 Å². The minimum Gasteiger partial charge on any atom is -0.497 e. The lowest BCUT2D eigenvalue weighted by Gasteiger charge is -2.27. The van der Waals surface area contributed by atoms with Crippen LogP contribution in [-0.4, -0.2) is 31.1 Å². The van der Waals surface area contributed by atoms with E-state index in [0.717, 1.165) is 38.2 Å². The van der Waals surface area contributed by atoms with E-state index in [4.69, 9.17) is 11.3 Å². The number of rotatable bonds is 3. The molecule has 0 aliphatic carbocycles. The SMILES string of the molecule is [C-]#[N+]C1CCN(Cc2ccc(OC)cc2)CC1. The van der Waals surface area contributed by atoms with Gasteiger partial charge in [0.25, 0.3) is 0 Å². The standard InChI is InChI=1S/C14H18N2O/c1-15-13-7-9-16(10-8-13)11-12-3-5-14(17-2)6-4-12/h3-6,13H,7-11H2,2H3. The van der Waals surface area contributed by atoms with Crippen LogP contribution in [-0.2, 0) is 6.54 Å². The van der Waals surface area contributed by atoms with E-state index in [1.807, 2.05) is 12.1 Å². The van der Waals surface area contributed by atoms with Gasteiger partial charge in [-0.05, 0) is 17.7 Å². The van der Waals surface area contributed by atoms with Crippen molar-refractivity contribution in [1.29, 1.82) is 0 Å². The predicted octanol–water partition coefficient (Wildman–Crippen LogP) is 2.58. The van der Waals surface area contributed by atoms with Gasteiger partial charge in [0.05, 0.1) is 7.11 Å². The molecule has 1 aliphatic heterocycles. The average molecular weight is 230 g/mol. The number of piperidine rings is 1. The van der Waals surface area contributed by atoms with Crippen molar-refractivity contribution in [3.63, 3.8) is 0 Å². The van der Waals surface area contributed by atoms with Crippen LogP contribution in [0.25, 0.3) is 4.85 Å². The smallest absolute Gasteiger partial charge is 0.226 e. The van der Waals surface area contributed by atoms with E-state index < -0.39 is 0 Å². The zero-order valence-electron chi connectivity index (χ0n) is 10.2. The lowest BCUT2D eigenvalue weighted by atomic mass is 10.1. The largest absolute Gasteiger partial charge is 0.497 e. The van der Waals surface area contributed by atoms with Crippen molar-refractivity contribution in [3.05, 3.63) is 41.2 Å². The third-order valence-corrected chi connectivity index (χ3v) is 3.30. The average Bonchev–Trinajstić information content (AvgIpc) is 2.40. The monoisotopic (exact) mass is 230 g/mol. The molecular weight excluding hydrogens is 212 g/mol. The van der Waals surface area contributed by atoms with Gasteiger partial charge in [0.1, 0.15) is 5.75 Å². The number of hydrogen-bond donors (Lipinski definition) is 0. The highest BCUT2D eigenvalue weighted by Gasteiger charge is 2.22. The Morgan fingerprint density at radius 3 is 2.47 bits per heavy atom. The number of methoxy groups -OCH3 is 1. The van der Waals surface area contributed by atoms with Crippen LogP contribution in [0.3, 0.4) is 0 Å². The summed E-state index contributed by atoms with van der Waals surface area (Å²) in [6.07, 6.45) is 2.03. The van der Waals surface area contributed by atoms with Gasteiger partial charge in [-0.15, -0.1) is 0 Å². The first kappa shape index (κ1) is 11.9. The first-order valence-electron chi connectivity index (χ1n) is 6.03. The maximum absolute atomic E-state index is 7.02. The maximum atomic E-state index is 7.02. The van der Waals surface area contributed by atoms with Crippen molar-refractivity contribution in [2.24, 2.45) is 0 Å². The van der Waals surface area contributed by atoms with Gasteiger partial charge in [-0.25, -0.2) is 6.57 Å². The predicted molar refractivity (Wildman–Crippen MR) is 67.9 cm³/mol. The van der Waals surface area contributed by atoms with Crippen LogP contribution in [0.2, 0.25) is 0 Å². The molecule has 90 valence electrons. The Hall–Kier alpha value is -1.53. The first-order valence-corrected chi connectivity index (χ1v) is 6.03.